The third kappa shape index (κ3) is 8.56. The van der Waals surface area contributed by atoms with E-state index in [1.807, 2.05) is 78.9 Å². The minimum absolute atomic E-state index is 0.0128. The van der Waals surface area contributed by atoms with Gasteiger partial charge in [0.2, 0.25) is 0 Å². The molecule has 0 bridgehead atoms. The maximum atomic E-state index is 12.7. The molecule has 240 valence electrons. The predicted molar refractivity (Wildman–Crippen MR) is 171 cm³/mol. The highest BCUT2D eigenvalue weighted by molar-refractivity contribution is 5.87. The Morgan fingerprint density at radius 2 is 1.60 bits per heavy atom. The number of aliphatic hydroxyl groups excluding tert-OH is 2. The number of rotatable bonds is 12. The van der Waals surface area contributed by atoms with Crippen LogP contribution in [0.25, 0.3) is 0 Å². The Morgan fingerprint density at radius 1 is 0.911 bits per heavy atom. The van der Waals surface area contributed by atoms with Crippen LogP contribution in [-0.4, -0.2) is 64.8 Å². The number of nitrogens with zero attached hydrogens (tertiary/aromatic N) is 1. The fourth-order valence-corrected chi connectivity index (χ4v) is 6.23. The molecule has 2 amide bonds. The molecule has 1 unspecified atom stereocenters. The molecule has 2 fully saturated rings. The molecule has 2 saturated heterocycles. The first-order valence-corrected chi connectivity index (χ1v) is 15.9. The van der Waals surface area contributed by atoms with Gasteiger partial charge in [-0.1, -0.05) is 85.8 Å². The van der Waals surface area contributed by atoms with Crippen LogP contribution in [0.15, 0.2) is 78.9 Å². The maximum Gasteiger partial charge on any atom is 0.315 e. The molecular formula is C36H45N3O6. The quantitative estimate of drug-likeness (QED) is 0.238. The van der Waals surface area contributed by atoms with Crippen molar-refractivity contribution < 1.29 is 29.3 Å². The average molecular weight is 616 g/mol. The van der Waals surface area contributed by atoms with Crippen LogP contribution in [0.4, 0.5) is 4.79 Å². The van der Waals surface area contributed by atoms with Crippen molar-refractivity contribution in [2.24, 2.45) is 5.92 Å². The van der Waals surface area contributed by atoms with Crippen LogP contribution in [0.3, 0.4) is 0 Å². The van der Waals surface area contributed by atoms with Gasteiger partial charge in [0.25, 0.3) is 0 Å². The van der Waals surface area contributed by atoms with E-state index in [2.05, 4.69) is 22.5 Å². The maximum absolute atomic E-state index is 12.7. The standard InChI is InChI=1S/C36H45N3O6/c1-24-33(21-39-18-6-9-31(39)23-41)44-35(45-34(24)29-14-12-28(22-40)13-15-29)30-16-10-27(11-17-30)20-37-36(43)38-32(25(2)42)19-26-7-4-3-5-8-26/h3-5,7-8,10-17,24,31-35,40-41H,6,9,18-23H2,1-2H3,(H2,37,38,43)/t24-,31-,32+,33+,34+,35?/m0/s1. The summed E-state index contributed by atoms with van der Waals surface area (Å²) in [4.78, 5) is 27.1. The number of urea groups is 1. The van der Waals surface area contributed by atoms with Crippen LogP contribution in [0, 0.1) is 5.92 Å². The van der Waals surface area contributed by atoms with Gasteiger partial charge < -0.3 is 30.3 Å². The SMILES string of the molecule is CC(=O)[C@@H](Cc1ccccc1)NC(=O)NCc1ccc(C2O[C@H](CN3CCC[C@H]3CO)[C@H](C)[C@H](c3ccc(CO)cc3)O2)cc1. The van der Waals surface area contributed by atoms with Crippen LogP contribution in [0.1, 0.15) is 66.9 Å². The second kappa shape index (κ2) is 15.6. The lowest BCUT2D eigenvalue weighted by atomic mass is 9.90. The Kier molecular flexibility index (Phi) is 11.4. The van der Waals surface area contributed by atoms with E-state index in [0.717, 1.165) is 47.2 Å². The summed E-state index contributed by atoms with van der Waals surface area (Å²) < 4.78 is 13.2. The van der Waals surface area contributed by atoms with Crippen LogP contribution >= 0.6 is 0 Å². The third-order valence-electron chi connectivity index (χ3n) is 9.03. The molecular weight excluding hydrogens is 570 g/mol. The number of benzene rings is 3. The predicted octanol–water partition coefficient (Wildman–Crippen LogP) is 4.43. The molecule has 0 saturated carbocycles. The largest absolute Gasteiger partial charge is 0.395 e. The van der Waals surface area contributed by atoms with Crippen LogP contribution in [-0.2, 0) is 33.8 Å². The lowest BCUT2D eigenvalue weighted by Gasteiger charge is -2.43. The molecule has 2 aliphatic rings. The molecule has 9 heteroatoms. The van der Waals surface area contributed by atoms with Gasteiger partial charge in [-0.05, 0) is 55.0 Å². The molecule has 0 aromatic heterocycles. The van der Waals surface area contributed by atoms with Crippen molar-refractivity contribution in [1.82, 2.24) is 15.5 Å². The van der Waals surface area contributed by atoms with Crippen LogP contribution < -0.4 is 10.6 Å². The van der Waals surface area contributed by atoms with Gasteiger partial charge in [0.05, 0.1) is 31.5 Å². The Labute approximate surface area is 265 Å². The zero-order valence-corrected chi connectivity index (χ0v) is 26.1. The summed E-state index contributed by atoms with van der Waals surface area (Å²) in [5, 5.41) is 25.1. The van der Waals surface area contributed by atoms with Crippen molar-refractivity contribution in [3.63, 3.8) is 0 Å². The van der Waals surface area contributed by atoms with Gasteiger partial charge in [0, 0.05) is 30.6 Å². The third-order valence-corrected chi connectivity index (χ3v) is 9.03. The highest BCUT2D eigenvalue weighted by Crippen LogP contribution is 2.42. The van der Waals surface area contributed by atoms with Gasteiger partial charge in [0.1, 0.15) is 0 Å². The number of ether oxygens (including phenoxy) is 2. The van der Waals surface area contributed by atoms with E-state index < -0.39 is 18.4 Å². The van der Waals surface area contributed by atoms with Crippen molar-refractivity contribution >= 4 is 11.8 Å². The van der Waals surface area contributed by atoms with E-state index in [1.165, 1.54) is 6.92 Å². The van der Waals surface area contributed by atoms with Gasteiger partial charge in [0.15, 0.2) is 12.1 Å². The van der Waals surface area contributed by atoms with Gasteiger partial charge in [-0.2, -0.15) is 0 Å². The van der Waals surface area contributed by atoms with Gasteiger partial charge in [-0.25, -0.2) is 4.79 Å². The fraction of sp³-hybridized carbons (Fsp3) is 0.444. The lowest BCUT2D eigenvalue weighted by Crippen LogP contribution is -2.46. The summed E-state index contributed by atoms with van der Waals surface area (Å²) >= 11 is 0. The van der Waals surface area contributed by atoms with Crippen LogP contribution in [0.2, 0.25) is 0 Å². The number of likely N-dealkylation sites (tertiary alicyclic amines) is 1. The van der Waals surface area contributed by atoms with Gasteiger partial charge in [-0.15, -0.1) is 0 Å². The second-order valence-electron chi connectivity index (χ2n) is 12.2. The molecule has 3 aromatic rings. The Hall–Kier alpha value is -3.60. The molecule has 0 aliphatic carbocycles. The van der Waals surface area contributed by atoms with Gasteiger partial charge in [-0.3, -0.25) is 9.69 Å². The zero-order valence-electron chi connectivity index (χ0n) is 26.1. The summed E-state index contributed by atoms with van der Waals surface area (Å²) in [5.74, 6) is -0.0402. The molecule has 2 aliphatic heterocycles. The van der Waals surface area contributed by atoms with E-state index in [0.29, 0.717) is 19.5 Å². The number of hydrogen-bond donors (Lipinski definition) is 4. The summed E-state index contributed by atoms with van der Waals surface area (Å²) in [6, 6.07) is 24.4. The minimum Gasteiger partial charge on any atom is -0.395 e. The van der Waals surface area contributed by atoms with Crippen molar-refractivity contribution in [3.05, 3.63) is 107 Å². The number of hydrogen-bond acceptors (Lipinski definition) is 7. The Bertz CT molecular complexity index is 1380. The number of nitrogens with one attached hydrogen (secondary N) is 2. The van der Waals surface area contributed by atoms with E-state index in [9.17, 15) is 19.8 Å². The van der Waals surface area contributed by atoms with Crippen molar-refractivity contribution in [2.75, 3.05) is 19.7 Å². The molecule has 6 atom stereocenters. The number of aliphatic hydroxyl groups is 2. The molecule has 0 spiro atoms. The van der Waals surface area contributed by atoms with Crippen LogP contribution in [0.5, 0.6) is 0 Å². The first-order chi connectivity index (χ1) is 21.8. The van der Waals surface area contributed by atoms with Crippen molar-refractivity contribution in [1.29, 1.82) is 0 Å². The van der Waals surface area contributed by atoms with Crippen molar-refractivity contribution in [2.45, 2.75) is 76.8 Å². The number of Topliss-reactive ketones (excluding diaryl/α,β-unsaturated/α-hetero) is 1. The minimum atomic E-state index is -0.605. The molecule has 3 aromatic carbocycles. The smallest absolute Gasteiger partial charge is 0.315 e. The highest BCUT2D eigenvalue weighted by atomic mass is 16.7. The summed E-state index contributed by atoms with van der Waals surface area (Å²) in [6.07, 6.45) is 1.56. The number of amides is 2. The molecule has 0 radical (unpaired) electrons. The summed E-state index contributed by atoms with van der Waals surface area (Å²) in [6.45, 7) is 5.70. The van der Waals surface area contributed by atoms with E-state index >= 15 is 0 Å². The van der Waals surface area contributed by atoms with E-state index in [1.54, 1.807) is 0 Å². The average Bonchev–Trinajstić information content (AvgIpc) is 3.52. The van der Waals surface area contributed by atoms with E-state index in [-0.39, 0.29) is 43.2 Å². The number of ketones is 1. The second-order valence-corrected chi connectivity index (χ2v) is 12.2. The Morgan fingerprint density at radius 3 is 2.27 bits per heavy atom. The lowest BCUT2D eigenvalue weighted by molar-refractivity contribution is -0.276. The molecule has 9 nitrogen and oxygen atoms in total. The number of carbonyl (C=O) groups excluding carboxylic acids is 2. The Balaban J connectivity index is 1.24. The summed E-state index contributed by atoms with van der Waals surface area (Å²) in [7, 11) is 0. The first-order valence-electron chi connectivity index (χ1n) is 15.9. The van der Waals surface area contributed by atoms with E-state index in [4.69, 9.17) is 9.47 Å². The number of carbonyl (C=O) groups is 2. The molecule has 5 rings (SSSR count). The topological polar surface area (TPSA) is 120 Å². The molecule has 4 N–H and O–H groups in total. The normalized spacial score (nSPS) is 24.2. The van der Waals surface area contributed by atoms with Crippen molar-refractivity contribution in [3.8, 4) is 0 Å². The first kappa shape index (κ1) is 32.8. The summed E-state index contributed by atoms with van der Waals surface area (Å²) in [5.41, 5.74) is 4.63. The molecule has 45 heavy (non-hydrogen) atoms. The van der Waals surface area contributed by atoms with Gasteiger partial charge >= 0.3 is 6.03 Å². The fourth-order valence-electron chi connectivity index (χ4n) is 6.23. The zero-order chi connectivity index (χ0) is 31.8. The highest BCUT2D eigenvalue weighted by Gasteiger charge is 2.40. The monoisotopic (exact) mass is 615 g/mol. The molecule has 2 heterocycles.